The Kier molecular flexibility index (Phi) is 5.48. The Balaban J connectivity index is 2.60. The Hall–Kier alpha value is -0.530. The third kappa shape index (κ3) is 4.69. The van der Waals surface area contributed by atoms with Gasteiger partial charge in [-0.25, -0.2) is 0 Å². The molecule has 100 valence electrons. The summed E-state index contributed by atoms with van der Waals surface area (Å²) in [6, 6.07) is 0.266. The number of hydrogen-bond donors (Lipinski definition) is 1. The smallest absolute Gasteiger partial charge is 0.220 e. The van der Waals surface area contributed by atoms with Crippen molar-refractivity contribution >= 4 is 5.91 Å². The first-order chi connectivity index (χ1) is 7.97. The second kappa shape index (κ2) is 6.42. The number of amides is 1. The molecule has 1 amide bonds. The summed E-state index contributed by atoms with van der Waals surface area (Å²) in [5.74, 6) is 1.05. The summed E-state index contributed by atoms with van der Waals surface area (Å²) < 4.78 is 0. The van der Waals surface area contributed by atoms with E-state index in [0.29, 0.717) is 5.41 Å². The van der Waals surface area contributed by atoms with E-state index in [9.17, 15) is 4.79 Å². The first kappa shape index (κ1) is 14.5. The fourth-order valence-electron chi connectivity index (χ4n) is 3.49. The molecule has 0 heterocycles. The van der Waals surface area contributed by atoms with Crippen LogP contribution in [-0.4, -0.2) is 11.9 Å². The highest BCUT2D eigenvalue weighted by Gasteiger charge is 2.35. The minimum absolute atomic E-state index is 0.252. The Morgan fingerprint density at radius 1 is 1.47 bits per heavy atom. The second-order valence-corrected chi connectivity index (χ2v) is 6.35. The molecule has 2 unspecified atom stereocenters. The molecule has 1 fully saturated rings. The van der Waals surface area contributed by atoms with Crippen molar-refractivity contribution in [3.05, 3.63) is 0 Å². The average Bonchev–Trinajstić information content (AvgIpc) is 2.15. The van der Waals surface area contributed by atoms with E-state index >= 15 is 0 Å². The topological polar surface area (TPSA) is 29.1 Å². The fourth-order valence-corrected chi connectivity index (χ4v) is 3.49. The van der Waals surface area contributed by atoms with Crippen molar-refractivity contribution in [2.24, 2.45) is 11.3 Å². The van der Waals surface area contributed by atoms with E-state index in [-0.39, 0.29) is 11.9 Å². The van der Waals surface area contributed by atoms with Crippen molar-refractivity contribution in [1.29, 1.82) is 0 Å². The standard InChI is InChI=1S/C15H29NO/c1-5-8-15(9-6-7-13(4)10-15)11-14(17)16-12(2)3/h12-13H,5-11H2,1-4H3,(H,16,17). The van der Waals surface area contributed by atoms with Crippen LogP contribution in [0.5, 0.6) is 0 Å². The normalized spacial score (nSPS) is 29.4. The van der Waals surface area contributed by atoms with Crippen LogP contribution in [0.3, 0.4) is 0 Å². The van der Waals surface area contributed by atoms with Gasteiger partial charge in [0.25, 0.3) is 0 Å². The molecule has 0 spiro atoms. The second-order valence-electron chi connectivity index (χ2n) is 6.35. The van der Waals surface area contributed by atoms with Crippen LogP contribution in [-0.2, 0) is 4.79 Å². The lowest BCUT2D eigenvalue weighted by molar-refractivity contribution is -0.125. The molecule has 0 bridgehead atoms. The average molecular weight is 239 g/mol. The minimum atomic E-state index is 0.252. The van der Waals surface area contributed by atoms with Gasteiger partial charge in [0, 0.05) is 12.5 Å². The summed E-state index contributed by atoms with van der Waals surface area (Å²) in [5.41, 5.74) is 0.297. The van der Waals surface area contributed by atoms with Gasteiger partial charge in [-0.05, 0) is 44.4 Å². The predicted molar refractivity (Wildman–Crippen MR) is 72.9 cm³/mol. The zero-order chi connectivity index (χ0) is 12.9. The molecule has 1 saturated carbocycles. The molecule has 2 heteroatoms. The Labute approximate surface area is 107 Å². The molecular formula is C15H29NO. The number of hydrogen-bond acceptors (Lipinski definition) is 1. The molecule has 0 saturated heterocycles. The lowest BCUT2D eigenvalue weighted by Gasteiger charge is -2.40. The van der Waals surface area contributed by atoms with Crippen LogP contribution in [0, 0.1) is 11.3 Å². The van der Waals surface area contributed by atoms with Crippen molar-refractivity contribution < 1.29 is 4.79 Å². The van der Waals surface area contributed by atoms with Crippen LogP contribution in [0.1, 0.15) is 72.6 Å². The van der Waals surface area contributed by atoms with E-state index < -0.39 is 0 Å². The van der Waals surface area contributed by atoms with Crippen molar-refractivity contribution in [2.45, 2.75) is 78.7 Å². The summed E-state index contributed by atoms with van der Waals surface area (Å²) in [5, 5.41) is 3.05. The molecular weight excluding hydrogens is 210 g/mol. The van der Waals surface area contributed by atoms with Gasteiger partial charge < -0.3 is 5.32 Å². The molecule has 1 rings (SSSR count). The quantitative estimate of drug-likeness (QED) is 0.774. The van der Waals surface area contributed by atoms with Crippen molar-refractivity contribution in [1.82, 2.24) is 5.32 Å². The molecule has 1 aliphatic carbocycles. The monoisotopic (exact) mass is 239 g/mol. The van der Waals surface area contributed by atoms with Gasteiger partial charge in [-0.15, -0.1) is 0 Å². The number of carbonyl (C=O) groups is 1. The van der Waals surface area contributed by atoms with Crippen LogP contribution in [0.15, 0.2) is 0 Å². The SMILES string of the molecule is CCCC1(CC(=O)NC(C)C)CCCC(C)C1. The van der Waals surface area contributed by atoms with Gasteiger partial charge in [0.15, 0.2) is 0 Å². The van der Waals surface area contributed by atoms with Crippen LogP contribution in [0.2, 0.25) is 0 Å². The van der Waals surface area contributed by atoms with Crippen molar-refractivity contribution in [3.8, 4) is 0 Å². The third-order valence-corrected chi connectivity index (χ3v) is 3.95. The molecule has 0 aliphatic heterocycles. The largest absolute Gasteiger partial charge is 0.354 e. The van der Waals surface area contributed by atoms with E-state index in [1.54, 1.807) is 0 Å². The Morgan fingerprint density at radius 2 is 2.18 bits per heavy atom. The predicted octanol–water partition coefficient (Wildman–Crippen LogP) is 3.90. The van der Waals surface area contributed by atoms with Gasteiger partial charge in [0.1, 0.15) is 0 Å². The van der Waals surface area contributed by atoms with Crippen LogP contribution in [0.25, 0.3) is 0 Å². The first-order valence-electron chi connectivity index (χ1n) is 7.27. The van der Waals surface area contributed by atoms with Gasteiger partial charge in [0.2, 0.25) is 5.91 Å². The third-order valence-electron chi connectivity index (χ3n) is 3.95. The van der Waals surface area contributed by atoms with Gasteiger partial charge in [-0.2, -0.15) is 0 Å². The van der Waals surface area contributed by atoms with Gasteiger partial charge in [-0.3, -0.25) is 4.79 Å². The maximum Gasteiger partial charge on any atom is 0.220 e. The van der Waals surface area contributed by atoms with Gasteiger partial charge in [-0.1, -0.05) is 33.1 Å². The summed E-state index contributed by atoms with van der Waals surface area (Å²) in [4.78, 5) is 12.0. The van der Waals surface area contributed by atoms with Crippen LogP contribution < -0.4 is 5.32 Å². The summed E-state index contributed by atoms with van der Waals surface area (Å²) in [7, 11) is 0. The van der Waals surface area contributed by atoms with Crippen LogP contribution in [0.4, 0.5) is 0 Å². The molecule has 1 aliphatic rings. The van der Waals surface area contributed by atoms with E-state index in [1.165, 1.54) is 38.5 Å². The number of nitrogens with one attached hydrogen (secondary N) is 1. The highest BCUT2D eigenvalue weighted by molar-refractivity contribution is 5.76. The summed E-state index contributed by atoms with van der Waals surface area (Å²) in [6.45, 7) is 8.65. The molecule has 2 nitrogen and oxygen atoms in total. The highest BCUT2D eigenvalue weighted by atomic mass is 16.1. The van der Waals surface area contributed by atoms with Crippen LogP contribution >= 0.6 is 0 Å². The van der Waals surface area contributed by atoms with E-state index in [0.717, 1.165) is 12.3 Å². The molecule has 0 aromatic rings. The highest BCUT2D eigenvalue weighted by Crippen LogP contribution is 2.45. The summed E-state index contributed by atoms with van der Waals surface area (Å²) >= 11 is 0. The van der Waals surface area contributed by atoms with Crippen molar-refractivity contribution in [2.75, 3.05) is 0 Å². The fraction of sp³-hybridized carbons (Fsp3) is 0.933. The van der Waals surface area contributed by atoms with Gasteiger partial charge >= 0.3 is 0 Å². The van der Waals surface area contributed by atoms with Crippen molar-refractivity contribution in [3.63, 3.8) is 0 Å². The first-order valence-corrected chi connectivity index (χ1v) is 7.27. The molecule has 0 radical (unpaired) electrons. The maximum absolute atomic E-state index is 12.0. The zero-order valence-corrected chi connectivity index (χ0v) is 12.0. The molecule has 1 N–H and O–H groups in total. The van der Waals surface area contributed by atoms with E-state index in [4.69, 9.17) is 0 Å². The van der Waals surface area contributed by atoms with Gasteiger partial charge in [0.05, 0.1) is 0 Å². The minimum Gasteiger partial charge on any atom is -0.354 e. The van der Waals surface area contributed by atoms with E-state index in [2.05, 4.69) is 19.2 Å². The lowest BCUT2D eigenvalue weighted by Crippen LogP contribution is -2.37. The molecule has 17 heavy (non-hydrogen) atoms. The Morgan fingerprint density at radius 3 is 2.71 bits per heavy atom. The number of carbonyl (C=O) groups excluding carboxylic acids is 1. The lowest BCUT2D eigenvalue weighted by atomic mass is 9.66. The van der Waals surface area contributed by atoms with E-state index in [1.807, 2.05) is 13.8 Å². The molecule has 0 aromatic carbocycles. The summed E-state index contributed by atoms with van der Waals surface area (Å²) in [6.07, 6.45) is 8.28. The Bertz CT molecular complexity index is 245. The zero-order valence-electron chi connectivity index (χ0n) is 12.0. The maximum atomic E-state index is 12.0. The molecule has 0 aromatic heterocycles. The molecule has 2 atom stereocenters. The number of rotatable bonds is 5.